The summed E-state index contributed by atoms with van der Waals surface area (Å²) in [5.41, 5.74) is 0. The molecule has 5 heteroatoms. The van der Waals surface area contributed by atoms with Crippen LogP contribution in [0.2, 0.25) is 0 Å². The molecule has 0 heterocycles. The first kappa shape index (κ1) is 19.2. The number of aliphatic imine (C=N–C) groups is 1. The third-order valence-electron chi connectivity index (χ3n) is 4.02. The van der Waals surface area contributed by atoms with Gasteiger partial charge >= 0.3 is 0 Å². The highest BCUT2D eigenvalue weighted by Gasteiger charge is 2.20. The van der Waals surface area contributed by atoms with Crippen LogP contribution in [-0.4, -0.2) is 62.8 Å². The predicted molar refractivity (Wildman–Crippen MR) is 94.5 cm³/mol. The molecule has 130 valence electrons. The van der Waals surface area contributed by atoms with Crippen LogP contribution in [0.3, 0.4) is 0 Å². The summed E-state index contributed by atoms with van der Waals surface area (Å²) in [4.78, 5) is 6.74. The fraction of sp³-hybridized carbons (Fsp3) is 0.941. The number of hydrogen-bond donors (Lipinski definition) is 2. The average Bonchev–Trinajstić information content (AvgIpc) is 3.28. The molecule has 22 heavy (non-hydrogen) atoms. The lowest BCUT2D eigenvalue weighted by Gasteiger charge is -2.30. The van der Waals surface area contributed by atoms with Crippen LogP contribution < -0.4 is 10.6 Å². The average molecular weight is 313 g/mol. The van der Waals surface area contributed by atoms with Gasteiger partial charge in [0.05, 0.1) is 0 Å². The van der Waals surface area contributed by atoms with Crippen LogP contribution in [0.25, 0.3) is 0 Å². The van der Waals surface area contributed by atoms with E-state index in [2.05, 4.69) is 48.2 Å². The second-order valence-electron chi connectivity index (χ2n) is 6.72. The minimum atomic E-state index is 0.570. The zero-order chi connectivity index (χ0) is 16.4. The fourth-order valence-electron chi connectivity index (χ4n) is 2.55. The number of rotatable bonds is 11. The first-order valence-electron chi connectivity index (χ1n) is 8.82. The highest BCUT2D eigenvalue weighted by molar-refractivity contribution is 5.79. The lowest BCUT2D eigenvalue weighted by Crippen LogP contribution is -2.45. The summed E-state index contributed by atoms with van der Waals surface area (Å²) in [6.07, 6.45) is 3.74. The summed E-state index contributed by atoms with van der Waals surface area (Å²) in [6, 6.07) is 1.14. The van der Waals surface area contributed by atoms with Crippen LogP contribution in [0.15, 0.2) is 4.99 Å². The number of guanidine groups is 1. The largest absolute Gasteiger partial charge is 0.381 e. The Morgan fingerprint density at radius 3 is 2.32 bits per heavy atom. The molecule has 0 spiro atoms. The molecular formula is C17H36N4O. The van der Waals surface area contributed by atoms with Gasteiger partial charge in [-0.25, -0.2) is 0 Å². The van der Waals surface area contributed by atoms with E-state index < -0.39 is 0 Å². The van der Waals surface area contributed by atoms with Crippen LogP contribution in [0.4, 0.5) is 0 Å². The summed E-state index contributed by atoms with van der Waals surface area (Å²) in [5, 5.41) is 6.73. The topological polar surface area (TPSA) is 48.9 Å². The maximum atomic E-state index is 5.63. The number of hydrogen-bond acceptors (Lipinski definition) is 3. The molecule has 2 N–H and O–H groups in total. The summed E-state index contributed by atoms with van der Waals surface area (Å²) >= 11 is 0. The van der Waals surface area contributed by atoms with Crippen LogP contribution in [0, 0.1) is 5.92 Å². The van der Waals surface area contributed by atoms with E-state index in [1.807, 2.05) is 7.05 Å². The highest BCUT2D eigenvalue weighted by atomic mass is 16.5. The first-order valence-corrected chi connectivity index (χ1v) is 8.82. The molecule has 0 radical (unpaired) electrons. The van der Waals surface area contributed by atoms with Gasteiger partial charge in [-0.3, -0.25) is 9.89 Å². The standard InChI is InChI=1S/C17H36N4O/c1-14(2)21(15(3)4)11-10-20-17(18-5)19-9-6-12-22-13-16-7-8-16/h14-16H,6-13H2,1-5H3,(H2,18,19,20). The quantitative estimate of drug-likeness (QED) is 0.348. The van der Waals surface area contributed by atoms with E-state index >= 15 is 0 Å². The van der Waals surface area contributed by atoms with E-state index in [0.717, 1.165) is 51.1 Å². The molecule has 0 atom stereocenters. The Bertz CT molecular complexity index is 306. The smallest absolute Gasteiger partial charge is 0.191 e. The van der Waals surface area contributed by atoms with Crippen molar-refractivity contribution in [1.29, 1.82) is 0 Å². The zero-order valence-corrected chi connectivity index (χ0v) is 15.2. The van der Waals surface area contributed by atoms with Crippen molar-refractivity contribution in [3.63, 3.8) is 0 Å². The molecule has 0 aromatic carbocycles. The van der Waals surface area contributed by atoms with Crippen molar-refractivity contribution in [2.45, 2.75) is 59.0 Å². The molecule has 1 rings (SSSR count). The summed E-state index contributed by atoms with van der Waals surface area (Å²) < 4.78 is 5.63. The van der Waals surface area contributed by atoms with Crippen LogP contribution >= 0.6 is 0 Å². The molecule has 1 aliphatic rings. The monoisotopic (exact) mass is 312 g/mol. The van der Waals surface area contributed by atoms with Gasteiger partial charge in [0.2, 0.25) is 0 Å². The van der Waals surface area contributed by atoms with Crippen molar-refractivity contribution in [3.8, 4) is 0 Å². The SMILES string of the molecule is CN=C(NCCCOCC1CC1)NCCN(C(C)C)C(C)C. The molecule has 0 amide bonds. The van der Waals surface area contributed by atoms with Crippen LogP contribution in [0.5, 0.6) is 0 Å². The van der Waals surface area contributed by atoms with E-state index in [1.54, 1.807) is 0 Å². The lowest BCUT2D eigenvalue weighted by molar-refractivity contribution is 0.123. The van der Waals surface area contributed by atoms with E-state index in [9.17, 15) is 0 Å². The number of nitrogens with zero attached hydrogens (tertiary/aromatic N) is 2. The third kappa shape index (κ3) is 8.59. The molecule has 5 nitrogen and oxygen atoms in total. The minimum Gasteiger partial charge on any atom is -0.381 e. The van der Waals surface area contributed by atoms with Crippen molar-refractivity contribution >= 4 is 5.96 Å². The van der Waals surface area contributed by atoms with Gasteiger partial charge in [0, 0.05) is 52.0 Å². The van der Waals surface area contributed by atoms with Crippen LogP contribution in [-0.2, 0) is 4.74 Å². The molecule has 1 fully saturated rings. The van der Waals surface area contributed by atoms with Gasteiger partial charge in [0.15, 0.2) is 5.96 Å². The molecule has 0 bridgehead atoms. The third-order valence-corrected chi connectivity index (χ3v) is 4.02. The molecule has 1 saturated carbocycles. The van der Waals surface area contributed by atoms with Gasteiger partial charge in [-0.15, -0.1) is 0 Å². The minimum absolute atomic E-state index is 0.570. The molecule has 1 aliphatic carbocycles. The Hall–Kier alpha value is -0.810. The zero-order valence-electron chi connectivity index (χ0n) is 15.2. The maximum Gasteiger partial charge on any atom is 0.191 e. The van der Waals surface area contributed by atoms with Gasteiger partial charge in [0.1, 0.15) is 0 Å². The molecular weight excluding hydrogens is 276 g/mol. The summed E-state index contributed by atoms with van der Waals surface area (Å²) in [7, 11) is 1.82. The molecule has 0 saturated heterocycles. The second-order valence-corrected chi connectivity index (χ2v) is 6.72. The molecule has 0 aromatic heterocycles. The van der Waals surface area contributed by atoms with Crippen molar-refractivity contribution < 1.29 is 4.74 Å². The van der Waals surface area contributed by atoms with Gasteiger partial charge in [0.25, 0.3) is 0 Å². The summed E-state index contributed by atoms with van der Waals surface area (Å²) in [6.45, 7) is 13.6. The molecule has 0 unspecified atom stereocenters. The van der Waals surface area contributed by atoms with Gasteiger partial charge in [-0.05, 0) is 52.9 Å². The van der Waals surface area contributed by atoms with Gasteiger partial charge < -0.3 is 15.4 Å². The Labute approximate surface area is 136 Å². The molecule has 0 aromatic rings. The van der Waals surface area contributed by atoms with Gasteiger partial charge in [-0.1, -0.05) is 0 Å². The van der Waals surface area contributed by atoms with Crippen LogP contribution in [0.1, 0.15) is 47.0 Å². The number of nitrogens with one attached hydrogen (secondary N) is 2. The normalized spacial score (nSPS) is 15.9. The number of ether oxygens (including phenoxy) is 1. The maximum absolute atomic E-state index is 5.63. The fourth-order valence-corrected chi connectivity index (χ4v) is 2.55. The predicted octanol–water partition coefficient (Wildman–Crippen LogP) is 2.09. The summed E-state index contributed by atoms with van der Waals surface area (Å²) in [5.74, 6) is 1.74. The Morgan fingerprint density at radius 1 is 1.14 bits per heavy atom. The Balaban J connectivity index is 2.05. The Morgan fingerprint density at radius 2 is 1.77 bits per heavy atom. The highest BCUT2D eigenvalue weighted by Crippen LogP contribution is 2.28. The second kappa shape index (κ2) is 10.8. The van der Waals surface area contributed by atoms with E-state index in [-0.39, 0.29) is 0 Å². The van der Waals surface area contributed by atoms with Crippen molar-refractivity contribution in [2.75, 3.05) is 39.9 Å². The van der Waals surface area contributed by atoms with E-state index in [4.69, 9.17) is 4.74 Å². The van der Waals surface area contributed by atoms with Crippen molar-refractivity contribution in [3.05, 3.63) is 0 Å². The van der Waals surface area contributed by atoms with Crippen molar-refractivity contribution in [1.82, 2.24) is 15.5 Å². The van der Waals surface area contributed by atoms with E-state index in [1.165, 1.54) is 12.8 Å². The Kier molecular flexibility index (Phi) is 9.48. The van der Waals surface area contributed by atoms with Gasteiger partial charge in [-0.2, -0.15) is 0 Å². The lowest BCUT2D eigenvalue weighted by atomic mass is 10.2. The van der Waals surface area contributed by atoms with Crippen molar-refractivity contribution in [2.24, 2.45) is 10.9 Å². The van der Waals surface area contributed by atoms with E-state index in [0.29, 0.717) is 12.1 Å². The first-order chi connectivity index (χ1) is 10.5. The molecule has 0 aliphatic heterocycles.